The first-order chi connectivity index (χ1) is 14.2. The van der Waals surface area contributed by atoms with Crippen LogP contribution in [0.2, 0.25) is 0 Å². The summed E-state index contributed by atoms with van der Waals surface area (Å²) in [5, 5.41) is 3.03. The summed E-state index contributed by atoms with van der Waals surface area (Å²) in [7, 11) is 0. The van der Waals surface area contributed by atoms with Gasteiger partial charge in [-0.2, -0.15) is 0 Å². The summed E-state index contributed by atoms with van der Waals surface area (Å²) in [6.07, 6.45) is 7.74. The van der Waals surface area contributed by atoms with E-state index in [0.717, 1.165) is 17.5 Å². The summed E-state index contributed by atoms with van der Waals surface area (Å²) in [6.45, 7) is 2.41. The summed E-state index contributed by atoms with van der Waals surface area (Å²) in [5.74, 6) is 1.88. The highest BCUT2D eigenvalue weighted by Crippen LogP contribution is 2.56. The van der Waals surface area contributed by atoms with E-state index in [1.54, 1.807) is 18.2 Å². The Balaban J connectivity index is 1.43. The molecule has 29 heavy (non-hydrogen) atoms. The Morgan fingerprint density at radius 1 is 0.931 bits per heavy atom. The van der Waals surface area contributed by atoms with Crippen molar-refractivity contribution in [1.29, 1.82) is 0 Å². The number of nitrogens with zero attached hydrogens (tertiary/aromatic N) is 1. The Morgan fingerprint density at radius 3 is 2.17 bits per heavy atom. The minimum Gasteiger partial charge on any atom is -0.370 e. The summed E-state index contributed by atoms with van der Waals surface area (Å²) in [6, 6.07) is 10.6. The van der Waals surface area contributed by atoms with E-state index in [2.05, 4.69) is 22.3 Å². The number of anilines is 2. The zero-order chi connectivity index (χ0) is 19.5. The summed E-state index contributed by atoms with van der Waals surface area (Å²) in [4.78, 5) is 15.4. The van der Waals surface area contributed by atoms with E-state index in [1.807, 2.05) is 0 Å². The Kier molecular flexibility index (Phi) is 3.97. The molecule has 2 aromatic carbocycles. The van der Waals surface area contributed by atoms with Crippen molar-refractivity contribution in [3.63, 3.8) is 0 Å². The molecular weight excluding hydrogens is 363 g/mol. The van der Waals surface area contributed by atoms with Crippen LogP contribution in [-0.4, -0.2) is 19.0 Å². The number of rotatable bonds is 2. The largest absolute Gasteiger partial charge is 0.370 e. The van der Waals surface area contributed by atoms with Gasteiger partial charge in [0.05, 0.1) is 5.56 Å². The molecule has 0 bridgehead atoms. The van der Waals surface area contributed by atoms with E-state index >= 15 is 0 Å². The van der Waals surface area contributed by atoms with Crippen molar-refractivity contribution in [2.45, 2.75) is 50.4 Å². The minimum atomic E-state index is -0.470. The van der Waals surface area contributed by atoms with E-state index in [9.17, 15) is 9.18 Å². The molecule has 150 valence electrons. The van der Waals surface area contributed by atoms with Crippen LogP contribution in [0.4, 0.5) is 15.8 Å². The van der Waals surface area contributed by atoms with Crippen molar-refractivity contribution in [2.75, 3.05) is 23.3 Å². The topological polar surface area (TPSA) is 32.3 Å². The Morgan fingerprint density at radius 2 is 1.55 bits per heavy atom. The van der Waals surface area contributed by atoms with Gasteiger partial charge in [0.1, 0.15) is 5.82 Å². The van der Waals surface area contributed by atoms with E-state index < -0.39 is 5.82 Å². The van der Waals surface area contributed by atoms with Gasteiger partial charge in [-0.3, -0.25) is 4.79 Å². The lowest BCUT2D eigenvalue weighted by molar-refractivity contribution is 0.102. The third kappa shape index (κ3) is 2.72. The van der Waals surface area contributed by atoms with Gasteiger partial charge in [0.2, 0.25) is 0 Å². The molecule has 4 heteroatoms. The normalized spacial score (nSPS) is 29.2. The molecule has 0 spiro atoms. The third-order valence-corrected chi connectivity index (χ3v) is 7.89. The van der Waals surface area contributed by atoms with Gasteiger partial charge in [0, 0.05) is 24.5 Å². The highest BCUT2D eigenvalue weighted by atomic mass is 19.1. The van der Waals surface area contributed by atoms with Gasteiger partial charge in [0.15, 0.2) is 0 Å². The summed E-state index contributed by atoms with van der Waals surface area (Å²) < 4.78 is 14.1. The maximum atomic E-state index is 14.1. The number of hydrogen-bond donors (Lipinski definition) is 1. The lowest BCUT2D eigenvalue weighted by Crippen LogP contribution is -2.43. The molecule has 4 aliphatic rings. The Hall–Kier alpha value is -2.36. The molecule has 0 radical (unpaired) electrons. The molecule has 0 aromatic heterocycles. The van der Waals surface area contributed by atoms with Gasteiger partial charge < -0.3 is 10.2 Å². The van der Waals surface area contributed by atoms with Crippen LogP contribution in [0.25, 0.3) is 0 Å². The van der Waals surface area contributed by atoms with Crippen LogP contribution in [0.1, 0.15) is 71.8 Å². The quantitative estimate of drug-likeness (QED) is 0.716. The second kappa shape index (κ2) is 6.58. The van der Waals surface area contributed by atoms with Crippen molar-refractivity contribution in [2.24, 2.45) is 11.8 Å². The average Bonchev–Trinajstić information content (AvgIpc) is 3.37. The fourth-order valence-electron chi connectivity index (χ4n) is 6.68. The van der Waals surface area contributed by atoms with Gasteiger partial charge in [0.25, 0.3) is 5.91 Å². The SMILES string of the molecule is O=C(Nc1cc2c3c(c1)[C@@H]1CCC[C@@H]1CN3C[C@H]1CCC[C@@H]21)c1ccccc1F. The van der Waals surface area contributed by atoms with Crippen molar-refractivity contribution in [1.82, 2.24) is 0 Å². The van der Waals surface area contributed by atoms with Crippen LogP contribution in [0.3, 0.4) is 0 Å². The number of hydrogen-bond acceptors (Lipinski definition) is 2. The number of amides is 1. The molecule has 2 aliphatic heterocycles. The molecule has 0 unspecified atom stereocenters. The first-order valence-corrected chi connectivity index (χ1v) is 11.2. The second-order valence-electron chi connectivity index (χ2n) is 9.44. The van der Waals surface area contributed by atoms with E-state index in [0.29, 0.717) is 11.8 Å². The van der Waals surface area contributed by atoms with Crippen molar-refractivity contribution in [3.8, 4) is 0 Å². The van der Waals surface area contributed by atoms with Crippen LogP contribution in [0, 0.1) is 17.7 Å². The molecule has 2 fully saturated rings. The van der Waals surface area contributed by atoms with Crippen LogP contribution in [-0.2, 0) is 0 Å². The molecule has 6 rings (SSSR count). The second-order valence-corrected chi connectivity index (χ2v) is 9.44. The number of halogens is 1. The summed E-state index contributed by atoms with van der Waals surface area (Å²) in [5.41, 5.74) is 5.29. The van der Waals surface area contributed by atoms with Gasteiger partial charge in [-0.05, 0) is 84.7 Å². The van der Waals surface area contributed by atoms with Gasteiger partial charge in [-0.25, -0.2) is 4.39 Å². The lowest BCUT2D eigenvalue weighted by Gasteiger charge is -2.46. The number of nitrogens with one attached hydrogen (secondary N) is 1. The van der Waals surface area contributed by atoms with Gasteiger partial charge in [-0.15, -0.1) is 0 Å². The molecule has 3 nitrogen and oxygen atoms in total. The predicted molar refractivity (Wildman–Crippen MR) is 113 cm³/mol. The fraction of sp³-hybridized carbons (Fsp3) is 0.480. The van der Waals surface area contributed by atoms with Crippen LogP contribution < -0.4 is 10.2 Å². The zero-order valence-electron chi connectivity index (χ0n) is 16.7. The molecule has 4 atom stereocenters. The molecule has 2 aromatic rings. The molecular formula is C25H27FN2O. The predicted octanol–water partition coefficient (Wildman–Crippen LogP) is 5.68. The van der Waals surface area contributed by atoms with Crippen LogP contribution in [0.15, 0.2) is 36.4 Å². The number of carbonyl (C=O) groups is 1. The number of benzene rings is 2. The van der Waals surface area contributed by atoms with E-state index in [1.165, 1.54) is 74.5 Å². The number of carbonyl (C=O) groups excluding carboxylic acids is 1. The van der Waals surface area contributed by atoms with Gasteiger partial charge >= 0.3 is 0 Å². The summed E-state index contributed by atoms with van der Waals surface area (Å²) >= 11 is 0. The lowest BCUT2D eigenvalue weighted by atomic mass is 9.75. The fourth-order valence-corrected chi connectivity index (χ4v) is 6.68. The third-order valence-electron chi connectivity index (χ3n) is 7.89. The highest BCUT2D eigenvalue weighted by molar-refractivity contribution is 6.04. The molecule has 2 heterocycles. The highest BCUT2D eigenvalue weighted by Gasteiger charge is 2.44. The smallest absolute Gasteiger partial charge is 0.258 e. The standard InChI is InChI=1S/C25H27FN2O/c26-23-10-2-1-7-20(23)25(29)27-17-11-21-18-8-3-5-15(18)13-28-14-16-6-4-9-19(16)22(12-17)24(21)28/h1-2,7,10-12,15-16,18-19H,3-6,8-9,13-14H2,(H,27,29)/t15-,16-,18-,19-/m1/s1. The molecule has 2 aliphatic carbocycles. The van der Waals surface area contributed by atoms with Crippen molar-refractivity contribution < 1.29 is 9.18 Å². The Labute approximate surface area is 171 Å². The molecule has 0 saturated heterocycles. The monoisotopic (exact) mass is 390 g/mol. The minimum absolute atomic E-state index is 0.109. The number of fused-ring (bicyclic) bond motifs is 4. The average molecular weight is 391 g/mol. The van der Waals surface area contributed by atoms with Crippen molar-refractivity contribution in [3.05, 3.63) is 58.9 Å². The Bertz CT molecular complexity index is 942. The van der Waals surface area contributed by atoms with E-state index in [4.69, 9.17) is 0 Å². The maximum Gasteiger partial charge on any atom is 0.258 e. The van der Waals surface area contributed by atoms with Gasteiger partial charge in [-0.1, -0.05) is 25.0 Å². The van der Waals surface area contributed by atoms with Crippen molar-refractivity contribution >= 4 is 17.3 Å². The van der Waals surface area contributed by atoms with Crippen LogP contribution in [0.5, 0.6) is 0 Å². The molecule has 2 saturated carbocycles. The van der Waals surface area contributed by atoms with Crippen LogP contribution >= 0.6 is 0 Å². The maximum absolute atomic E-state index is 14.1. The zero-order valence-corrected chi connectivity index (χ0v) is 16.7. The van der Waals surface area contributed by atoms with E-state index in [-0.39, 0.29) is 11.5 Å². The first kappa shape index (κ1) is 17.5. The molecule has 1 N–H and O–H groups in total. The molecule has 1 amide bonds. The first-order valence-electron chi connectivity index (χ1n) is 11.2.